The maximum Gasteiger partial charge on any atom is 0.159 e. The zero-order valence-corrected chi connectivity index (χ0v) is 16.9. The molecule has 1 unspecified atom stereocenters. The van der Waals surface area contributed by atoms with Crippen molar-refractivity contribution in [2.24, 2.45) is 11.8 Å². The molecule has 1 aliphatic rings. The Morgan fingerprint density at radius 1 is 1.22 bits per heavy atom. The van der Waals surface area contributed by atoms with Gasteiger partial charge in [-0.1, -0.05) is 57.1 Å². The zero-order chi connectivity index (χ0) is 20.1. The molecule has 4 heteroatoms. The number of Topliss-reactive ketones (excluding diaryl/α,β-unsaturated/α-hetero) is 1. The third-order valence-electron chi connectivity index (χ3n) is 5.38. The number of hydrogen-bond acceptors (Lipinski definition) is 4. The summed E-state index contributed by atoms with van der Waals surface area (Å²) >= 11 is 0. The molecule has 1 aliphatic carbocycles. The van der Waals surface area contributed by atoms with E-state index >= 15 is 0 Å². The largest absolute Gasteiger partial charge is 0.390 e. The first-order valence-electron chi connectivity index (χ1n) is 10.3. The summed E-state index contributed by atoms with van der Waals surface area (Å²) in [5.74, 6) is 0.0450. The average molecular weight is 377 g/mol. The Bertz CT molecular complexity index is 547. The number of rotatable bonds is 14. The number of carbonyl (C=O) groups is 2. The van der Waals surface area contributed by atoms with Gasteiger partial charge in [-0.05, 0) is 44.6 Å². The van der Waals surface area contributed by atoms with E-state index in [1.165, 1.54) is 0 Å². The predicted molar refractivity (Wildman–Crippen MR) is 109 cm³/mol. The van der Waals surface area contributed by atoms with Gasteiger partial charge in [-0.3, -0.25) is 9.59 Å². The number of carbonyl (C=O) groups excluding carboxylic acids is 2. The summed E-state index contributed by atoms with van der Waals surface area (Å²) < 4.78 is 0. The van der Waals surface area contributed by atoms with Gasteiger partial charge in [0.05, 0.1) is 5.60 Å². The van der Waals surface area contributed by atoms with E-state index in [9.17, 15) is 14.7 Å². The van der Waals surface area contributed by atoms with Crippen LogP contribution >= 0.6 is 0 Å². The Labute approximate surface area is 164 Å². The summed E-state index contributed by atoms with van der Waals surface area (Å²) in [6.45, 7) is 3.76. The molecule has 0 fully saturated rings. The van der Waals surface area contributed by atoms with Gasteiger partial charge in [0.15, 0.2) is 11.6 Å². The molecule has 0 saturated carbocycles. The molecule has 0 aromatic rings. The monoisotopic (exact) mass is 376 g/mol. The minimum Gasteiger partial charge on any atom is -0.390 e. The van der Waals surface area contributed by atoms with Crippen LogP contribution in [0.3, 0.4) is 0 Å². The predicted octanol–water partition coefficient (Wildman–Crippen LogP) is 4.31. The molecular formula is C23H36O4. The quantitative estimate of drug-likeness (QED) is 0.350. The highest BCUT2D eigenvalue weighted by Gasteiger charge is 2.27. The van der Waals surface area contributed by atoms with E-state index < -0.39 is 5.60 Å². The highest BCUT2D eigenvalue weighted by molar-refractivity contribution is 5.95. The molecule has 3 atom stereocenters. The fourth-order valence-corrected chi connectivity index (χ4v) is 3.36. The second kappa shape index (κ2) is 12.8. The van der Waals surface area contributed by atoms with Crippen molar-refractivity contribution in [1.29, 1.82) is 0 Å². The van der Waals surface area contributed by atoms with E-state index in [0.29, 0.717) is 19.3 Å². The number of aliphatic hydroxyl groups is 2. The van der Waals surface area contributed by atoms with Crippen molar-refractivity contribution in [3.8, 4) is 0 Å². The standard InChI is InChI=1S/C23H36O4/c1-3-5-16-23(27,4-2)17-10-11-19-14-15-22(26)21(19)13-9-7-6-8-12-20(25)18-24/h7,9-11,14-15,19,21,24,27H,3-6,8,12-13,16-18H2,1-2H3/t19-,21+,23?/m0/s1. The van der Waals surface area contributed by atoms with Crippen LogP contribution in [-0.4, -0.2) is 34.0 Å². The molecule has 0 aliphatic heterocycles. The molecule has 0 radical (unpaired) electrons. The Balaban J connectivity index is 2.46. The summed E-state index contributed by atoms with van der Waals surface area (Å²) in [7, 11) is 0. The van der Waals surface area contributed by atoms with Crippen LogP contribution in [0.5, 0.6) is 0 Å². The molecule has 0 spiro atoms. The summed E-state index contributed by atoms with van der Waals surface area (Å²) in [4.78, 5) is 23.2. The molecule has 0 aromatic carbocycles. The summed E-state index contributed by atoms with van der Waals surface area (Å²) in [5.41, 5.74) is -0.639. The van der Waals surface area contributed by atoms with Crippen molar-refractivity contribution in [2.75, 3.05) is 6.61 Å². The van der Waals surface area contributed by atoms with Crippen LogP contribution in [0.1, 0.15) is 71.6 Å². The lowest BCUT2D eigenvalue weighted by Gasteiger charge is -2.25. The van der Waals surface area contributed by atoms with Gasteiger partial charge < -0.3 is 10.2 Å². The van der Waals surface area contributed by atoms with Gasteiger partial charge in [0.25, 0.3) is 0 Å². The fraction of sp³-hybridized carbons (Fsp3) is 0.652. The minimum absolute atomic E-state index is 0.0677. The first-order valence-corrected chi connectivity index (χ1v) is 10.3. The first-order chi connectivity index (χ1) is 13.0. The lowest BCUT2D eigenvalue weighted by atomic mass is 9.87. The van der Waals surface area contributed by atoms with Crippen molar-refractivity contribution in [3.63, 3.8) is 0 Å². The highest BCUT2D eigenvalue weighted by atomic mass is 16.3. The van der Waals surface area contributed by atoms with Crippen molar-refractivity contribution >= 4 is 11.6 Å². The maximum atomic E-state index is 12.1. The first kappa shape index (κ1) is 23.5. The molecule has 0 bridgehead atoms. The Kier molecular flexibility index (Phi) is 11.1. The number of unbranched alkanes of at least 4 members (excludes halogenated alkanes) is 2. The molecule has 27 heavy (non-hydrogen) atoms. The lowest BCUT2D eigenvalue weighted by molar-refractivity contribution is -0.121. The second-order valence-electron chi connectivity index (χ2n) is 7.56. The van der Waals surface area contributed by atoms with Gasteiger partial charge >= 0.3 is 0 Å². The molecule has 0 amide bonds. The lowest BCUT2D eigenvalue weighted by Crippen LogP contribution is -2.26. The van der Waals surface area contributed by atoms with Crippen molar-refractivity contribution in [1.82, 2.24) is 0 Å². The van der Waals surface area contributed by atoms with Crippen LogP contribution in [0.4, 0.5) is 0 Å². The Morgan fingerprint density at radius 2 is 2.00 bits per heavy atom. The number of hydrogen-bond donors (Lipinski definition) is 2. The van der Waals surface area contributed by atoms with Gasteiger partial charge in [-0.2, -0.15) is 0 Å². The summed E-state index contributed by atoms with van der Waals surface area (Å²) in [6.07, 6.45) is 18.6. The molecule has 1 rings (SSSR count). The molecule has 2 N–H and O–H groups in total. The molecule has 0 aromatic heterocycles. The van der Waals surface area contributed by atoms with E-state index in [-0.39, 0.29) is 30.0 Å². The third-order valence-corrected chi connectivity index (χ3v) is 5.38. The summed E-state index contributed by atoms with van der Waals surface area (Å²) in [5, 5.41) is 19.3. The van der Waals surface area contributed by atoms with E-state index in [0.717, 1.165) is 38.5 Å². The Hall–Kier alpha value is -1.52. The van der Waals surface area contributed by atoms with Crippen LogP contribution in [0.2, 0.25) is 0 Å². The van der Waals surface area contributed by atoms with Crippen LogP contribution in [0.15, 0.2) is 36.5 Å². The Morgan fingerprint density at radius 3 is 2.67 bits per heavy atom. The third kappa shape index (κ3) is 8.81. The number of aliphatic hydroxyl groups excluding tert-OH is 1. The number of ketones is 2. The van der Waals surface area contributed by atoms with Crippen LogP contribution in [0, 0.1) is 11.8 Å². The smallest absolute Gasteiger partial charge is 0.159 e. The van der Waals surface area contributed by atoms with Crippen molar-refractivity contribution < 1.29 is 19.8 Å². The van der Waals surface area contributed by atoms with Crippen molar-refractivity contribution in [3.05, 3.63) is 36.5 Å². The number of allylic oxidation sites excluding steroid dienone is 5. The minimum atomic E-state index is -0.639. The fourth-order valence-electron chi connectivity index (χ4n) is 3.36. The van der Waals surface area contributed by atoms with Crippen molar-refractivity contribution in [2.45, 2.75) is 77.2 Å². The van der Waals surface area contributed by atoms with Gasteiger partial charge in [0.1, 0.15) is 6.61 Å². The van der Waals surface area contributed by atoms with Gasteiger partial charge in [0.2, 0.25) is 0 Å². The van der Waals surface area contributed by atoms with E-state index in [1.54, 1.807) is 6.08 Å². The van der Waals surface area contributed by atoms with Crippen LogP contribution in [-0.2, 0) is 9.59 Å². The van der Waals surface area contributed by atoms with E-state index in [2.05, 4.69) is 13.0 Å². The molecule has 0 heterocycles. The van der Waals surface area contributed by atoms with E-state index in [4.69, 9.17) is 5.11 Å². The molecular weight excluding hydrogens is 340 g/mol. The SMILES string of the molecule is CCCCC(O)(CC)CC=C[C@H]1C=CC(=O)[C@@H]1CC=CCCCC(=O)CO. The van der Waals surface area contributed by atoms with Gasteiger partial charge in [0, 0.05) is 18.3 Å². The normalized spacial score (nSPS) is 22.1. The molecule has 152 valence electrons. The average Bonchev–Trinajstić information content (AvgIpc) is 3.02. The van der Waals surface area contributed by atoms with Gasteiger partial charge in [-0.15, -0.1) is 0 Å². The van der Waals surface area contributed by atoms with Crippen LogP contribution < -0.4 is 0 Å². The second-order valence-corrected chi connectivity index (χ2v) is 7.56. The van der Waals surface area contributed by atoms with E-state index in [1.807, 2.05) is 31.2 Å². The highest BCUT2D eigenvalue weighted by Crippen LogP contribution is 2.29. The van der Waals surface area contributed by atoms with Gasteiger partial charge in [-0.25, -0.2) is 0 Å². The molecule has 4 nitrogen and oxygen atoms in total. The maximum absolute atomic E-state index is 12.1. The summed E-state index contributed by atoms with van der Waals surface area (Å²) in [6, 6.07) is 0. The molecule has 0 saturated heterocycles. The zero-order valence-electron chi connectivity index (χ0n) is 16.9. The van der Waals surface area contributed by atoms with Crippen LogP contribution in [0.25, 0.3) is 0 Å². The topological polar surface area (TPSA) is 74.6 Å².